The van der Waals surface area contributed by atoms with Crippen molar-refractivity contribution in [3.05, 3.63) is 27.6 Å². The van der Waals surface area contributed by atoms with Crippen molar-refractivity contribution in [3.8, 4) is 5.75 Å². The highest BCUT2D eigenvalue weighted by atomic mass is 127. The average molecular weight is 294 g/mol. The third kappa shape index (κ3) is 3.14. The van der Waals surface area contributed by atoms with Crippen molar-refractivity contribution in [1.29, 1.82) is 0 Å². The van der Waals surface area contributed by atoms with E-state index in [-0.39, 0.29) is 5.82 Å². The van der Waals surface area contributed by atoms with Crippen molar-refractivity contribution in [2.75, 3.05) is 6.61 Å². The Morgan fingerprint density at radius 2 is 2.23 bits per heavy atom. The number of halogens is 2. The van der Waals surface area contributed by atoms with E-state index in [1.807, 2.05) is 6.07 Å². The lowest BCUT2D eigenvalue weighted by atomic mass is 10.3. The molecule has 0 radical (unpaired) electrons. The second kappa shape index (κ2) is 5.42. The van der Waals surface area contributed by atoms with E-state index in [4.69, 9.17) is 4.74 Å². The summed E-state index contributed by atoms with van der Waals surface area (Å²) in [6, 6.07) is 4.94. The quantitative estimate of drug-likeness (QED) is 0.609. The minimum absolute atomic E-state index is 0.275. The van der Waals surface area contributed by atoms with Gasteiger partial charge in [-0.05, 0) is 41.1 Å². The van der Waals surface area contributed by atoms with Crippen molar-refractivity contribution < 1.29 is 9.13 Å². The van der Waals surface area contributed by atoms with Gasteiger partial charge >= 0.3 is 0 Å². The summed E-state index contributed by atoms with van der Waals surface area (Å²) in [6.45, 7) is 2.67. The van der Waals surface area contributed by atoms with Gasteiger partial charge in [0.2, 0.25) is 0 Å². The normalized spacial score (nSPS) is 10.1. The molecule has 0 atom stereocenters. The second-order valence-electron chi connectivity index (χ2n) is 2.75. The fourth-order valence-corrected chi connectivity index (χ4v) is 1.56. The SMILES string of the molecule is CCCCOc1c(F)cccc1I. The predicted molar refractivity (Wildman–Crippen MR) is 59.5 cm³/mol. The summed E-state index contributed by atoms with van der Waals surface area (Å²) >= 11 is 2.07. The molecule has 0 aromatic heterocycles. The van der Waals surface area contributed by atoms with Crippen LogP contribution >= 0.6 is 22.6 Å². The zero-order valence-electron chi connectivity index (χ0n) is 7.52. The number of para-hydroxylation sites is 1. The van der Waals surface area contributed by atoms with Crippen LogP contribution in [-0.4, -0.2) is 6.61 Å². The summed E-state index contributed by atoms with van der Waals surface area (Å²) in [7, 11) is 0. The van der Waals surface area contributed by atoms with Gasteiger partial charge < -0.3 is 4.74 Å². The second-order valence-corrected chi connectivity index (χ2v) is 3.91. The van der Waals surface area contributed by atoms with E-state index in [2.05, 4.69) is 29.5 Å². The van der Waals surface area contributed by atoms with E-state index >= 15 is 0 Å². The fraction of sp³-hybridized carbons (Fsp3) is 0.400. The number of rotatable bonds is 4. The monoisotopic (exact) mass is 294 g/mol. The van der Waals surface area contributed by atoms with Gasteiger partial charge in [-0.25, -0.2) is 4.39 Å². The number of unbranched alkanes of at least 4 members (excludes halogenated alkanes) is 1. The molecule has 1 aromatic carbocycles. The lowest BCUT2D eigenvalue weighted by Crippen LogP contribution is -2.00. The molecular formula is C10H12FIO. The van der Waals surface area contributed by atoms with Crippen molar-refractivity contribution in [1.82, 2.24) is 0 Å². The molecule has 1 rings (SSSR count). The maximum Gasteiger partial charge on any atom is 0.168 e. The van der Waals surface area contributed by atoms with E-state index in [1.165, 1.54) is 6.07 Å². The molecule has 0 heterocycles. The lowest BCUT2D eigenvalue weighted by Gasteiger charge is -2.07. The van der Waals surface area contributed by atoms with Crippen LogP contribution in [0.2, 0.25) is 0 Å². The summed E-state index contributed by atoms with van der Waals surface area (Å²) in [5, 5.41) is 0. The topological polar surface area (TPSA) is 9.23 Å². The molecule has 0 spiro atoms. The van der Waals surface area contributed by atoms with Gasteiger partial charge in [-0.1, -0.05) is 19.4 Å². The van der Waals surface area contributed by atoms with Crippen LogP contribution in [0.3, 0.4) is 0 Å². The van der Waals surface area contributed by atoms with Gasteiger partial charge in [-0.15, -0.1) is 0 Å². The van der Waals surface area contributed by atoms with Crippen LogP contribution in [0.1, 0.15) is 19.8 Å². The number of ether oxygens (including phenoxy) is 1. The molecule has 0 fully saturated rings. The van der Waals surface area contributed by atoms with Gasteiger partial charge in [0.1, 0.15) is 0 Å². The summed E-state index contributed by atoms with van der Waals surface area (Å²) in [5.74, 6) is 0.111. The fourth-order valence-electron chi connectivity index (χ4n) is 0.939. The predicted octanol–water partition coefficient (Wildman–Crippen LogP) is 3.61. The molecule has 0 aliphatic carbocycles. The molecule has 0 unspecified atom stereocenters. The Morgan fingerprint density at radius 1 is 1.46 bits per heavy atom. The maximum absolute atomic E-state index is 13.1. The summed E-state index contributed by atoms with van der Waals surface area (Å²) < 4.78 is 19.3. The van der Waals surface area contributed by atoms with Crippen molar-refractivity contribution in [3.63, 3.8) is 0 Å². The third-order valence-electron chi connectivity index (χ3n) is 1.66. The highest BCUT2D eigenvalue weighted by Gasteiger charge is 2.06. The first kappa shape index (κ1) is 10.8. The van der Waals surface area contributed by atoms with Crippen molar-refractivity contribution in [2.45, 2.75) is 19.8 Å². The average Bonchev–Trinajstić information content (AvgIpc) is 2.10. The largest absolute Gasteiger partial charge is 0.489 e. The zero-order valence-corrected chi connectivity index (χ0v) is 9.68. The van der Waals surface area contributed by atoms with Crippen LogP contribution in [0.15, 0.2) is 18.2 Å². The molecule has 0 N–H and O–H groups in total. The van der Waals surface area contributed by atoms with Gasteiger partial charge in [0.15, 0.2) is 11.6 Å². The Bertz CT molecular complexity index is 255. The Kier molecular flexibility index (Phi) is 4.48. The van der Waals surface area contributed by atoms with Crippen molar-refractivity contribution >= 4 is 22.6 Å². The standard InChI is InChI=1S/C10H12FIO/c1-2-3-7-13-10-8(11)5-4-6-9(10)12/h4-6H,2-3,7H2,1H3. The van der Waals surface area contributed by atoms with E-state index in [0.717, 1.165) is 16.4 Å². The van der Waals surface area contributed by atoms with E-state index in [0.29, 0.717) is 12.4 Å². The molecule has 1 nitrogen and oxygen atoms in total. The van der Waals surface area contributed by atoms with Gasteiger partial charge in [-0.3, -0.25) is 0 Å². The minimum atomic E-state index is -0.275. The van der Waals surface area contributed by atoms with Crippen LogP contribution < -0.4 is 4.74 Å². The minimum Gasteiger partial charge on any atom is -0.489 e. The smallest absolute Gasteiger partial charge is 0.168 e. The molecule has 0 bridgehead atoms. The lowest BCUT2D eigenvalue weighted by molar-refractivity contribution is 0.292. The van der Waals surface area contributed by atoms with Crippen LogP contribution in [0.5, 0.6) is 5.75 Å². The highest BCUT2D eigenvalue weighted by Crippen LogP contribution is 2.24. The third-order valence-corrected chi connectivity index (χ3v) is 2.51. The molecule has 0 saturated heterocycles. The summed E-state index contributed by atoms with van der Waals surface area (Å²) in [5.41, 5.74) is 0. The molecule has 0 saturated carbocycles. The summed E-state index contributed by atoms with van der Waals surface area (Å²) in [6.07, 6.45) is 2.02. The summed E-state index contributed by atoms with van der Waals surface area (Å²) in [4.78, 5) is 0. The molecule has 72 valence electrons. The maximum atomic E-state index is 13.1. The molecular weight excluding hydrogens is 282 g/mol. The molecule has 13 heavy (non-hydrogen) atoms. The first-order valence-corrected chi connectivity index (χ1v) is 5.40. The molecule has 1 aromatic rings. The molecule has 0 amide bonds. The van der Waals surface area contributed by atoms with Crippen LogP contribution in [0.4, 0.5) is 4.39 Å². The molecule has 0 aliphatic rings. The number of hydrogen-bond acceptors (Lipinski definition) is 1. The first-order valence-electron chi connectivity index (χ1n) is 4.32. The van der Waals surface area contributed by atoms with E-state index in [9.17, 15) is 4.39 Å². The van der Waals surface area contributed by atoms with Crippen LogP contribution in [0, 0.1) is 9.39 Å². The van der Waals surface area contributed by atoms with E-state index < -0.39 is 0 Å². The number of benzene rings is 1. The van der Waals surface area contributed by atoms with Gasteiger partial charge in [0.05, 0.1) is 10.2 Å². The zero-order chi connectivity index (χ0) is 9.68. The number of hydrogen-bond donors (Lipinski definition) is 0. The van der Waals surface area contributed by atoms with Gasteiger partial charge in [0, 0.05) is 0 Å². The van der Waals surface area contributed by atoms with Crippen LogP contribution in [-0.2, 0) is 0 Å². The van der Waals surface area contributed by atoms with Crippen molar-refractivity contribution in [2.24, 2.45) is 0 Å². The van der Waals surface area contributed by atoms with Gasteiger partial charge in [0.25, 0.3) is 0 Å². The van der Waals surface area contributed by atoms with Gasteiger partial charge in [-0.2, -0.15) is 0 Å². The molecule has 0 aliphatic heterocycles. The Balaban J connectivity index is 2.64. The van der Waals surface area contributed by atoms with Crippen LogP contribution in [0.25, 0.3) is 0 Å². The Morgan fingerprint density at radius 3 is 2.85 bits per heavy atom. The first-order chi connectivity index (χ1) is 6.25. The highest BCUT2D eigenvalue weighted by molar-refractivity contribution is 14.1. The molecule has 3 heteroatoms. The Hall–Kier alpha value is -0.320. The van der Waals surface area contributed by atoms with E-state index in [1.54, 1.807) is 6.07 Å². The Labute approximate surface area is 91.4 Å².